The van der Waals surface area contributed by atoms with Crippen molar-refractivity contribution in [1.82, 2.24) is 25.4 Å². The topological polar surface area (TPSA) is 85.6 Å². The molecule has 8 nitrogen and oxygen atoms in total. The standard InChI is InChI=1S/C18H28N6O2.HI/c1-5-25-8-9-26-16-10-14(2)6-7-15(16)11-20-18(19-3)21-12-17-23-22-13-24(17)4;/h6-7,10,13H,5,8-9,11-12H2,1-4H3,(H2,19,20,21);1H. The van der Waals surface area contributed by atoms with Crippen LogP contribution >= 0.6 is 24.0 Å². The van der Waals surface area contributed by atoms with Gasteiger partial charge in [0.1, 0.15) is 18.7 Å². The predicted molar refractivity (Wildman–Crippen MR) is 117 cm³/mol. The minimum Gasteiger partial charge on any atom is -0.491 e. The second-order valence-corrected chi connectivity index (χ2v) is 5.79. The number of aryl methyl sites for hydroxylation is 2. The fraction of sp³-hybridized carbons (Fsp3) is 0.500. The molecule has 1 heterocycles. The van der Waals surface area contributed by atoms with Crippen molar-refractivity contribution in [3.8, 4) is 5.75 Å². The highest BCUT2D eigenvalue weighted by molar-refractivity contribution is 14.0. The van der Waals surface area contributed by atoms with Gasteiger partial charge < -0.3 is 24.7 Å². The number of ether oxygens (including phenoxy) is 2. The van der Waals surface area contributed by atoms with Crippen LogP contribution in [-0.4, -0.2) is 47.6 Å². The lowest BCUT2D eigenvalue weighted by atomic mass is 10.1. The first-order chi connectivity index (χ1) is 12.6. The molecule has 0 bridgehead atoms. The predicted octanol–water partition coefficient (Wildman–Crippen LogP) is 2.02. The largest absolute Gasteiger partial charge is 0.491 e. The van der Waals surface area contributed by atoms with Gasteiger partial charge in [-0.15, -0.1) is 34.2 Å². The van der Waals surface area contributed by atoms with Crippen molar-refractivity contribution in [1.29, 1.82) is 0 Å². The summed E-state index contributed by atoms with van der Waals surface area (Å²) in [4.78, 5) is 4.24. The third-order valence-electron chi connectivity index (χ3n) is 3.80. The Balaban J connectivity index is 0.00000364. The normalized spacial score (nSPS) is 11.0. The van der Waals surface area contributed by atoms with Crippen molar-refractivity contribution in [2.45, 2.75) is 26.9 Å². The Hall–Kier alpha value is -1.88. The molecule has 0 amide bonds. The van der Waals surface area contributed by atoms with Gasteiger partial charge in [-0.2, -0.15) is 0 Å². The van der Waals surface area contributed by atoms with Gasteiger partial charge in [-0.25, -0.2) is 0 Å². The highest BCUT2D eigenvalue weighted by Gasteiger charge is 2.07. The molecule has 0 radical (unpaired) electrons. The fourth-order valence-electron chi connectivity index (χ4n) is 2.33. The number of hydrogen-bond acceptors (Lipinski definition) is 5. The van der Waals surface area contributed by atoms with E-state index in [2.05, 4.69) is 38.0 Å². The van der Waals surface area contributed by atoms with Gasteiger partial charge in [0.05, 0.1) is 13.2 Å². The minimum absolute atomic E-state index is 0. The minimum atomic E-state index is 0. The molecular formula is C18H29IN6O2. The molecule has 9 heteroatoms. The molecule has 2 aromatic rings. The van der Waals surface area contributed by atoms with Crippen LogP contribution in [0.15, 0.2) is 29.5 Å². The molecule has 0 atom stereocenters. The van der Waals surface area contributed by atoms with Gasteiger partial charge in [0.25, 0.3) is 0 Å². The van der Waals surface area contributed by atoms with E-state index in [1.165, 1.54) is 0 Å². The summed E-state index contributed by atoms with van der Waals surface area (Å²) < 4.78 is 13.1. The Bertz CT molecular complexity index is 720. The van der Waals surface area contributed by atoms with Gasteiger partial charge in [-0.1, -0.05) is 12.1 Å². The van der Waals surface area contributed by atoms with E-state index in [4.69, 9.17) is 9.47 Å². The number of guanidine groups is 1. The second kappa shape index (κ2) is 12.5. The molecule has 1 aromatic heterocycles. The highest BCUT2D eigenvalue weighted by Crippen LogP contribution is 2.20. The number of nitrogens with one attached hydrogen (secondary N) is 2. The van der Waals surface area contributed by atoms with Crippen LogP contribution < -0.4 is 15.4 Å². The summed E-state index contributed by atoms with van der Waals surface area (Å²) in [6.45, 7) is 6.97. The van der Waals surface area contributed by atoms with Gasteiger partial charge in [0.2, 0.25) is 0 Å². The van der Waals surface area contributed by atoms with Crippen molar-refractivity contribution in [3.63, 3.8) is 0 Å². The zero-order valence-corrected chi connectivity index (χ0v) is 18.7. The smallest absolute Gasteiger partial charge is 0.191 e. The molecular weight excluding hydrogens is 459 g/mol. The van der Waals surface area contributed by atoms with Gasteiger partial charge in [0.15, 0.2) is 11.8 Å². The molecule has 2 N–H and O–H groups in total. The Morgan fingerprint density at radius 2 is 2.00 bits per heavy atom. The van der Waals surface area contributed by atoms with Crippen molar-refractivity contribution in [2.24, 2.45) is 12.0 Å². The molecule has 0 saturated carbocycles. The number of rotatable bonds is 9. The summed E-state index contributed by atoms with van der Waals surface area (Å²) >= 11 is 0. The third kappa shape index (κ3) is 7.71. The van der Waals surface area contributed by atoms with E-state index in [0.717, 1.165) is 22.7 Å². The number of aliphatic imine (C=N–C) groups is 1. The summed E-state index contributed by atoms with van der Waals surface area (Å²) in [6.07, 6.45) is 1.67. The van der Waals surface area contributed by atoms with E-state index in [0.29, 0.717) is 38.9 Å². The van der Waals surface area contributed by atoms with E-state index in [9.17, 15) is 0 Å². The van der Waals surface area contributed by atoms with Crippen LogP contribution in [-0.2, 0) is 24.9 Å². The van der Waals surface area contributed by atoms with E-state index in [1.54, 1.807) is 13.4 Å². The van der Waals surface area contributed by atoms with Gasteiger partial charge in [0, 0.05) is 32.8 Å². The summed E-state index contributed by atoms with van der Waals surface area (Å²) in [5.74, 6) is 2.39. The highest BCUT2D eigenvalue weighted by atomic mass is 127. The molecule has 0 unspecified atom stereocenters. The van der Waals surface area contributed by atoms with Crippen LogP contribution in [0.25, 0.3) is 0 Å². The van der Waals surface area contributed by atoms with Crippen molar-refractivity contribution in [2.75, 3.05) is 26.9 Å². The summed E-state index contributed by atoms with van der Waals surface area (Å²) in [7, 11) is 3.64. The molecule has 0 aliphatic carbocycles. The van der Waals surface area contributed by atoms with Gasteiger partial charge in [-0.05, 0) is 25.5 Å². The van der Waals surface area contributed by atoms with E-state index in [1.807, 2.05) is 31.5 Å². The average Bonchev–Trinajstić information content (AvgIpc) is 3.05. The monoisotopic (exact) mass is 488 g/mol. The first-order valence-corrected chi connectivity index (χ1v) is 8.71. The van der Waals surface area contributed by atoms with Crippen molar-refractivity contribution >= 4 is 29.9 Å². The molecule has 0 saturated heterocycles. The molecule has 27 heavy (non-hydrogen) atoms. The quantitative estimate of drug-likeness (QED) is 0.243. The Kier molecular flexibility index (Phi) is 10.7. The molecule has 0 spiro atoms. The Labute approximate surface area is 177 Å². The van der Waals surface area contributed by atoms with Gasteiger partial charge in [-0.3, -0.25) is 4.99 Å². The van der Waals surface area contributed by atoms with Crippen LogP contribution in [0.2, 0.25) is 0 Å². The first kappa shape index (κ1) is 23.2. The number of aromatic nitrogens is 3. The van der Waals surface area contributed by atoms with Crippen LogP contribution in [0.1, 0.15) is 23.9 Å². The number of nitrogens with zero attached hydrogens (tertiary/aromatic N) is 4. The number of hydrogen-bond donors (Lipinski definition) is 2. The van der Waals surface area contributed by atoms with Crippen LogP contribution in [0.5, 0.6) is 5.75 Å². The molecule has 2 rings (SSSR count). The van der Waals surface area contributed by atoms with Crippen LogP contribution in [0.4, 0.5) is 0 Å². The lowest BCUT2D eigenvalue weighted by Crippen LogP contribution is -2.37. The second-order valence-electron chi connectivity index (χ2n) is 5.79. The average molecular weight is 488 g/mol. The maximum Gasteiger partial charge on any atom is 0.191 e. The molecule has 0 aliphatic rings. The fourth-order valence-corrected chi connectivity index (χ4v) is 2.33. The lowest BCUT2D eigenvalue weighted by Gasteiger charge is -2.15. The summed E-state index contributed by atoms with van der Waals surface area (Å²) in [5.41, 5.74) is 2.22. The van der Waals surface area contributed by atoms with Crippen molar-refractivity contribution < 1.29 is 9.47 Å². The lowest BCUT2D eigenvalue weighted by molar-refractivity contribution is 0.110. The van der Waals surface area contributed by atoms with Crippen LogP contribution in [0.3, 0.4) is 0 Å². The van der Waals surface area contributed by atoms with E-state index >= 15 is 0 Å². The van der Waals surface area contributed by atoms with Gasteiger partial charge >= 0.3 is 0 Å². The maximum atomic E-state index is 5.87. The summed E-state index contributed by atoms with van der Waals surface area (Å²) in [6, 6.07) is 6.18. The third-order valence-corrected chi connectivity index (χ3v) is 3.80. The summed E-state index contributed by atoms with van der Waals surface area (Å²) in [5, 5.41) is 14.4. The first-order valence-electron chi connectivity index (χ1n) is 8.71. The molecule has 1 aromatic carbocycles. The maximum absolute atomic E-state index is 5.87. The van der Waals surface area contributed by atoms with Crippen molar-refractivity contribution in [3.05, 3.63) is 41.5 Å². The number of halogens is 1. The molecule has 150 valence electrons. The van der Waals surface area contributed by atoms with E-state index in [-0.39, 0.29) is 24.0 Å². The number of benzene rings is 1. The SMILES string of the molecule is CCOCCOc1cc(C)ccc1CNC(=NC)NCc1nncn1C.I. The van der Waals surface area contributed by atoms with E-state index < -0.39 is 0 Å². The van der Waals surface area contributed by atoms with Crippen LogP contribution in [0, 0.1) is 6.92 Å². The Morgan fingerprint density at radius 3 is 2.67 bits per heavy atom. The molecule has 0 fully saturated rings. The zero-order valence-electron chi connectivity index (χ0n) is 16.4. The zero-order chi connectivity index (χ0) is 18.8. The Morgan fingerprint density at radius 1 is 1.22 bits per heavy atom. The molecule has 0 aliphatic heterocycles.